The zero-order valence-electron chi connectivity index (χ0n) is 14.1. The van der Waals surface area contributed by atoms with Crippen molar-refractivity contribution in [3.05, 3.63) is 41.8 Å². The Kier molecular flexibility index (Phi) is 5.73. The summed E-state index contributed by atoms with van der Waals surface area (Å²) in [5.74, 6) is 0.0895. The van der Waals surface area contributed by atoms with Crippen LogP contribution in [0.4, 0.5) is 4.39 Å². The molecular weight excluding hydrogens is 313 g/mol. The Bertz CT molecular complexity index is 731. The van der Waals surface area contributed by atoms with Gasteiger partial charge < -0.3 is 14.2 Å². The standard InChI is InChI=1S/C18H20FNO4/c1-11(2)10-24-16-7-12(18(21)23-4)9-20-17(16)14-8-13(22-3)5-6-15(14)19/h5-9,11H,10H2,1-4H3. The van der Waals surface area contributed by atoms with Crippen molar-refractivity contribution in [3.8, 4) is 22.8 Å². The molecule has 0 N–H and O–H groups in total. The van der Waals surface area contributed by atoms with E-state index in [4.69, 9.17) is 14.2 Å². The molecule has 2 rings (SSSR count). The Morgan fingerprint density at radius 2 is 2.00 bits per heavy atom. The maximum absolute atomic E-state index is 14.3. The number of carbonyl (C=O) groups excluding carboxylic acids is 1. The summed E-state index contributed by atoms with van der Waals surface area (Å²) in [5, 5.41) is 0. The van der Waals surface area contributed by atoms with E-state index >= 15 is 0 Å². The minimum Gasteiger partial charge on any atom is -0.497 e. The van der Waals surface area contributed by atoms with Crippen LogP contribution in [0, 0.1) is 11.7 Å². The number of nitrogens with zero attached hydrogens (tertiary/aromatic N) is 1. The van der Waals surface area contributed by atoms with Gasteiger partial charge in [0.2, 0.25) is 0 Å². The summed E-state index contributed by atoms with van der Waals surface area (Å²) in [5.41, 5.74) is 0.785. The Hall–Kier alpha value is -2.63. The lowest BCUT2D eigenvalue weighted by Crippen LogP contribution is -2.09. The number of halogens is 1. The van der Waals surface area contributed by atoms with Crippen LogP contribution in [0.2, 0.25) is 0 Å². The van der Waals surface area contributed by atoms with E-state index in [1.807, 2.05) is 13.8 Å². The number of ether oxygens (including phenoxy) is 3. The quantitative estimate of drug-likeness (QED) is 0.754. The zero-order valence-corrected chi connectivity index (χ0v) is 14.1. The first-order valence-corrected chi connectivity index (χ1v) is 7.51. The first kappa shape index (κ1) is 17.7. The minimum absolute atomic E-state index is 0.239. The number of aromatic nitrogens is 1. The molecule has 0 saturated heterocycles. The van der Waals surface area contributed by atoms with Crippen molar-refractivity contribution in [1.29, 1.82) is 0 Å². The molecule has 0 saturated carbocycles. The third kappa shape index (κ3) is 4.01. The van der Waals surface area contributed by atoms with E-state index in [-0.39, 0.29) is 17.0 Å². The van der Waals surface area contributed by atoms with E-state index < -0.39 is 11.8 Å². The zero-order chi connectivity index (χ0) is 17.7. The van der Waals surface area contributed by atoms with Gasteiger partial charge in [-0.25, -0.2) is 9.18 Å². The maximum Gasteiger partial charge on any atom is 0.339 e. The van der Waals surface area contributed by atoms with Crippen LogP contribution >= 0.6 is 0 Å². The second-order valence-electron chi connectivity index (χ2n) is 5.61. The average molecular weight is 333 g/mol. The minimum atomic E-state index is -0.533. The van der Waals surface area contributed by atoms with Crippen LogP contribution in [0.25, 0.3) is 11.3 Å². The van der Waals surface area contributed by atoms with Gasteiger partial charge in [-0.2, -0.15) is 0 Å². The van der Waals surface area contributed by atoms with E-state index in [2.05, 4.69) is 4.98 Å². The Labute approximate surface area is 140 Å². The fourth-order valence-electron chi connectivity index (χ4n) is 2.06. The summed E-state index contributed by atoms with van der Waals surface area (Å²) in [6.07, 6.45) is 1.34. The van der Waals surface area contributed by atoms with Gasteiger partial charge in [-0.15, -0.1) is 0 Å². The highest BCUT2D eigenvalue weighted by Gasteiger charge is 2.17. The van der Waals surface area contributed by atoms with Crippen molar-refractivity contribution < 1.29 is 23.4 Å². The molecule has 0 aliphatic heterocycles. The van der Waals surface area contributed by atoms with Crippen LogP contribution in [-0.4, -0.2) is 31.8 Å². The van der Waals surface area contributed by atoms with Gasteiger partial charge in [-0.3, -0.25) is 4.98 Å². The van der Waals surface area contributed by atoms with Crippen molar-refractivity contribution in [2.24, 2.45) is 5.92 Å². The smallest absolute Gasteiger partial charge is 0.339 e. The summed E-state index contributed by atoms with van der Waals surface area (Å²) in [6.45, 7) is 4.39. The van der Waals surface area contributed by atoms with Gasteiger partial charge in [0.25, 0.3) is 0 Å². The molecule has 24 heavy (non-hydrogen) atoms. The van der Waals surface area contributed by atoms with Crippen molar-refractivity contribution in [3.63, 3.8) is 0 Å². The first-order chi connectivity index (χ1) is 11.5. The summed E-state index contributed by atoms with van der Waals surface area (Å²) in [6, 6.07) is 5.87. The number of hydrogen-bond donors (Lipinski definition) is 0. The topological polar surface area (TPSA) is 57.7 Å². The molecule has 0 atom stereocenters. The van der Waals surface area contributed by atoms with E-state index in [0.717, 1.165) is 0 Å². The monoisotopic (exact) mass is 333 g/mol. The molecule has 5 nitrogen and oxygen atoms in total. The molecule has 1 heterocycles. The SMILES string of the molecule is COC(=O)c1cnc(-c2cc(OC)ccc2F)c(OCC(C)C)c1. The number of pyridine rings is 1. The molecule has 0 aliphatic rings. The Morgan fingerprint density at radius 3 is 2.62 bits per heavy atom. The molecule has 2 aromatic rings. The summed E-state index contributed by atoms with van der Waals surface area (Å²) >= 11 is 0. The molecular formula is C18H20FNO4. The normalized spacial score (nSPS) is 10.6. The average Bonchev–Trinajstić information content (AvgIpc) is 2.59. The van der Waals surface area contributed by atoms with Crippen molar-refractivity contribution in [2.45, 2.75) is 13.8 Å². The predicted molar refractivity (Wildman–Crippen MR) is 87.9 cm³/mol. The number of methoxy groups -OCH3 is 2. The van der Waals surface area contributed by atoms with Gasteiger partial charge >= 0.3 is 5.97 Å². The number of benzene rings is 1. The van der Waals surface area contributed by atoms with E-state index in [1.54, 1.807) is 0 Å². The van der Waals surface area contributed by atoms with Gasteiger partial charge in [0.15, 0.2) is 0 Å². The fraction of sp³-hybridized carbons (Fsp3) is 0.333. The molecule has 128 valence electrons. The molecule has 0 spiro atoms. The van der Waals surface area contributed by atoms with Gasteiger partial charge in [0.1, 0.15) is 23.0 Å². The number of rotatable bonds is 6. The third-order valence-corrected chi connectivity index (χ3v) is 3.27. The fourth-order valence-corrected chi connectivity index (χ4v) is 2.06. The Morgan fingerprint density at radius 1 is 1.25 bits per heavy atom. The van der Waals surface area contributed by atoms with Crippen LogP contribution < -0.4 is 9.47 Å². The summed E-state index contributed by atoms with van der Waals surface area (Å²) < 4.78 is 29.8. The molecule has 0 unspecified atom stereocenters. The molecule has 6 heteroatoms. The molecule has 0 amide bonds. The van der Waals surface area contributed by atoms with Gasteiger partial charge in [-0.1, -0.05) is 13.8 Å². The Balaban J connectivity index is 2.53. The van der Waals surface area contributed by atoms with E-state index in [1.165, 1.54) is 44.7 Å². The highest BCUT2D eigenvalue weighted by atomic mass is 19.1. The molecule has 1 aromatic carbocycles. The van der Waals surface area contributed by atoms with Crippen LogP contribution in [0.3, 0.4) is 0 Å². The summed E-state index contributed by atoms with van der Waals surface area (Å²) in [4.78, 5) is 15.9. The van der Waals surface area contributed by atoms with Crippen LogP contribution in [0.5, 0.6) is 11.5 Å². The lowest BCUT2D eigenvalue weighted by molar-refractivity contribution is 0.0599. The summed E-state index contributed by atoms with van der Waals surface area (Å²) in [7, 11) is 2.79. The number of hydrogen-bond acceptors (Lipinski definition) is 5. The van der Waals surface area contributed by atoms with Crippen molar-refractivity contribution in [2.75, 3.05) is 20.8 Å². The van der Waals surface area contributed by atoms with Crippen LogP contribution in [-0.2, 0) is 4.74 Å². The number of esters is 1. The second-order valence-corrected chi connectivity index (χ2v) is 5.61. The lowest BCUT2D eigenvalue weighted by Gasteiger charge is -2.14. The van der Waals surface area contributed by atoms with Crippen LogP contribution in [0.1, 0.15) is 24.2 Å². The van der Waals surface area contributed by atoms with E-state index in [0.29, 0.717) is 23.8 Å². The van der Waals surface area contributed by atoms with Gasteiger partial charge in [0, 0.05) is 11.8 Å². The molecule has 0 aliphatic carbocycles. The lowest BCUT2D eigenvalue weighted by atomic mass is 10.1. The van der Waals surface area contributed by atoms with Crippen molar-refractivity contribution in [1.82, 2.24) is 4.98 Å². The molecule has 0 radical (unpaired) electrons. The van der Waals surface area contributed by atoms with E-state index in [9.17, 15) is 9.18 Å². The molecule has 0 bridgehead atoms. The van der Waals surface area contributed by atoms with Gasteiger partial charge in [-0.05, 0) is 30.2 Å². The van der Waals surface area contributed by atoms with Crippen LogP contribution in [0.15, 0.2) is 30.5 Å². The predicted octanol–water partition coefficient (Wildman–Crippen LogP) is 3.72. The van der Waals surface area contributed by atoms with Gasteiger partial charge in [0.05, 0.1) is 26.4 Å². The largest absolute Gasteiger partial charge is 0.497 e. The second kappa shape index (κ2) is 7.77. The molecule has 1 aromatic heterocycles. The maximum atomic E-state index is 14.3. The first-order valence-electron chi connectivity index (χ1n) is 7.51. The third-order valence-electron chi connectivity index (χ3n) is 3.27. The van der Waals surface area contributed by atoms with Crippen molar-refractivity contribution >= 4 is 5.97 Å². The molecule has 0 fully saturated rings. The highest BCUT2D eigenvalue weighted by Crippen LogP contribution is 2.33. The highest BCUT2D eigenvalue weighted by molar-refractivity contribution is 5.90. The number of carbonyl (C=O) groups is 1.